The van der Waals surface area contributed by atoms with Gasteiger partial charge in [-0.25, -0.2) is 4.79 Å². The summed E-state index contributed by atoms with van der Waals surface area (Å²) in [5.74, 6) is -0.143. The maximum atomic E-state index is 12.9. The zero-order valence-corrected chi connectivity index (χ0v) is 19.1. The predicted molar refractivity (Wildman–Crippen MR) is 126 cm³/mol. The molecule has 0 saturated heterocycles. The second kappa shape index (κ2) is 8.58. The number of anilines is 1. The molecule has 1 amide bonds. The fourth-order valence-corrected chi connectivity index (χ4v) is 5.65. The monoisotopic (exact) mass is 467 g/mol. The molecule has 0 saturated carbocycles. The summed E-state index contributed by atoms with van der Waals surface area (Å²) in [5, 5.41) is 7.81. The first-order chi connectivity index (χ1) is 15.5. The number of esters is 1. The Morgan fingerprint density at radius 2 is 1.97 bits per heavy atom. The first-order valence-corrected chi connectivity index (χ1v) is 11.7. The molecule has 2 aliphatic heterocycles. The maximum Gasteiger partial charge on any atom is 0.345 e. The fraction of sp³-hybridized carbons (Fsp3) is 0.250. The highest BCUT2D eigenvalue weighted by molar-refractivity contribution is 7.16. The Bertz CT molecular complexity index is 1190. The van der Waals surface area contributed by atoms with E-state index in [1.165, 1.54) is 10.4 Å². The number of nitrogens with one attached hydrogen (secondary N) is 2. The highest BCUT2D eigenvalue weighted by Crippen LogP contribution is 2.40. The minimum Gasteiger partial charge on any atom is -0.423 e. The highest BCUT2D eigenvalue weighted by atomic mass is 35.5. The molecule has 0 unspecified atom stereocenters. The van der Waals surface area contributed by atoms with Gasteiger partial charge in [-0.05, 0) is 48.4 Å². The Labute approximate surface area is 195 Å². The van der Waals surface area contributed by atoms with Gasteiger partial charge >= 0.3 is 5.97 Å². The normalized spacial score (nSPS) is 17.7. The van der Waals surface area contributed by atoms with Crippen LogP contribution in [-0.4, -0.2) is 29.9 Å². The molecule has 0 fully saturated rings. The number of likely N-dealkylation sites (N-methyl/N-ethyl adjacent to an activating group) is 1. The molecule has 2 aromatic carbocycles. The molecule has 5 rings (SSSR count). The Hall–Kier alpha value is -2.87. The number of carbonyl (C=O) groups excluding carboxylic acids is 2. The second-order valence-corrected chi connectivity index (χ2v) is 9.33. The number of ether oxygens (including phenoxy) is 1. The van der Waals surface area contributed by atoms with E-state index in [0.717, 1.165) is 42.2 Å². The average molecular weight is 468 g/mol. The third-order valence-electron chi connectivity index (χ3n) is 5.88. The van der Waals surface area contributed by atoms with Crippen LogP contribution >= 0.6 is 22.9 Å². The number of halogens is 1. The van der Waals surface area contributed by atoms with E-state index in [1.807, 2.05) is 12.1 Å². The van der Waals surface area contributed by atoms with Gasteiger partial charge in [0, 0.05) is 18.0 Å². The largest absolute Gasteiger partial charge is 0.423 e. The highest BCUT2D eigenvalue weighted by Gasteiger charge is 2.33. The van der Waals surface area contributed by atoms with Crippen molar-refractivity contribution in [1.82, 2.24) is 10.2 Å². The van der Waals surface area contributed by atoms with E-state index in [9.17, 15) is 9.59 Å². The van der Waals surface area contributed by atoms with Crippen molar-refractivity contribution in [1.29, 1.82) is 0 Å². The Kier molecular flexibility index (Phi) is 5.63. The topological polar surface area (TPSA) is 70.7 Å². The lowest BCUT2D eigenvalue weighted by molar-refractivity contribution is 0.0734. The summed E-state index contributed by atoms with van der Waals surface area (Å²) >= 11 is 7.74. The van der Waals surface area contributed by atoms with Gasteiger partial charge in [0.05, 0.1) is 16.1 Å². The van der Waals surface area contributed by atoms with Gasteiger partial charge in [-0.1, -0.05) is 42.8 Å². The fourth-order valence-electron chi connectivity index (χ4n) is 4.12. The van der Waals surface area contributed by atoms with Crippen LogP contribution < -0.4 is 15.4 Å². The molecule has 2 N–H and O–H groups in total. The summed E-state index contributed by atoms with van der Waals surface area (Å²) in [6.45, 7) is 5.05. The van der Waals surface area contributed by atoms with Gasteiger partial charge in [0.15, 0.2) is 0 Å². The molecule has 0 spiro atoms. The molecule has 8 heteroatoms. The molecule has 0 aliphatic carbocycles. The summed E-state index contributed by atoms with van der Waals surface area (Å²) in [5.41, 5.74) is 3.17. The van der Waals surface area contributed by atoms with Crippen LogP contribution in [-0.2, 0) is 13.0 Å². The number of carbonyl (C=O) groups is 2. The molecular formula is C24H22ClN3O3S. The molecule has 1 aromatic heterocycles. The lowest BCUT2D eigenvalue weighted by Gasteiger charge is -2.28. The molecule has 3 heterocycles. The minimum atomic E-state index is -0.512. The van der Waals surface area contributed by atoms with Gasteiger partial charge in [0.2, 0.25) is 0 Å². The Morgan fingerprint density at radius 1 is 1.19 bits per heavy atom. The van der Waals surface area contributed by atoms with Gasteiger partial charge in [0.1, 0.15) is 16.9 Å². The molecule has 32 heavy (non-hydrogen) atoms. The molecule has 2 aliphatic rings. The number of hydrogen-bond acceptors (Lipinski definition) is 6. The van der Waals surface area contributed by atoms with Gasteiger partial charge in [0.25, 0.3) is 5.91 Å². The van der Waals surface area contributed by atoms with E-state index in [-0.39, 0.29) is 12.1 Å². The average Bonchev–Trinajstić information content (AvgIpc) is 3.17. The van der Waals surface area contributed by atoms with Gasteiger partial charge in [-0.2, -0.15) is 0 Å². The van der Waals surface area contributed by atoms with Crippen molar-refractivity contribution in [3.05, 3.63) is 80.7 Å². The van der Waals surface area contributed by atoms with Crippen LogP contribution in [0.25, 0.3) is 0 Å². The molecule has 3 aromatic rings. The SMILES string of the molecule is CCN1CCc2c(sc3c2C(=O)N[C@@H](c2ccc(OC(=O)c4ccccc4Cl)cc2)N3)C1. The van der Waals surface area contributed by atoms with Crippen LogP contribution in [0.15, 0.2) is 48.5 Å². The number of nitrogens with zero attached hydrogens (tertiary/aromatic N) is 1. The lowest BCUT2D eigenvalue weighted by Crippen LogP contribution is -2.38. The summed E-state index contributed by atoms with van der Waals surface area (Å²) in [6, 6.07) is 13.9. The van der Waals surface area contributed by atoms with Crippen molar-refractivity contribution >= 4 is 39.8 Å². The maximum absolute atomic E-state index is 12.9. The van der Waals surface area contributed by atoms with E-state index in [0.29, 0.717) is 16.3 Å². The number of rotatable bonds is 4. The minimum absolute atomic E-state index is 0.0413. The third-order valence-corrected chi connectivity index (χ3v) is 7.36. The molecular weight excluding hydrogens is 446 g/mol. The van der Waals surface area contributed by atoms with Crippen molar-refractivity contribution in [3.8, 4) is 5.75 Å². The second-order valence-electron chi connectivity index (χ2n) is 7.82. The zero-order valence-electron chi connectivity index (χ0n) is 17.5. The van der Waals surface area contributed by atoms with Gasteiger partial charge < -0.3 is 15.4 Å². The van der Waals surface area contributed by atoms with Crippen molar-refractivity contribution < 1.29 is 14.3 Å². The van der Waals surface area contributed by atoms with Gasteiger partial charge in [-0.15, -0.1) is 11.3 Å². The zero-order chi connectivity index (χ0) is 22.2. The molecule has 0 bridgehead atoms. The van der Waals surface area contributed by atoms with Crippen LogP contribution in [0, 0.1) is 0 Å². The summed E-state index contributed by atoms with van der Waals surface area (Å²) in [6.07, 6.45) is 0.561. The van der Waals surface area contributed by atoms with Crippen molar-refractivity contribution in [2.75, 3.05) is 18.4 Å². The van der Waals surface area contributed by atoms with Gasteiger partial charge in [-0.3, -0.25) is 9.69 Å². The number of thiophene rings is 1. The lowest BCUT2D eigenvalue weighted by atomic mass is 10.0. The van der Waals surface area contributed by atoms with Crippen molar-refractivity contribution in [3.63, 3.8) is 0 Å². The quantitative estimate of drug-likeness (QED) is 0.424. The number of amides is 1. The first kappa shape index (κ1) is 21.0. The van der Waals surface area contributed by atoms with Crippen LogP contribution in [0.1, 0.15) is 49.8 Å². The smallest absolute Gasteiger partial charge is 0.345 e. The first-order valence-electron chi connectivity index (χ1n) is 10.5. The number of fused-ring (bicyclic) bond motifs is 3. The van der Waals surface area contributed by atoms with E-state index < -0.39 is 5.97 Å². The number of benzene rings is 2. The summed E-state index contributed by atoms with van der Waals surface area (Å²) < 4.78 is 5.44. The van der Waals surface area contributed by atoms with Crippen molar-refractivity contribution in [2.45, 2.75) is 26.1 Å². The predicted octanol–water partition coefficient (Wildman–Crippen LogP) is 4.85. The summed E-state index contributed by atoms with van der Waals surface area (Å²) in [4.78, 5) is 28.9. The van der Waals surface area contributed by atoms with Crippen LogP contribution in [0.2, 0.25) is 5.02 Å². The number of hydrogen-bond donors (Lipinski definition) is 2. The summed E-state index contributed by atoms with van der Waals surface area (Å²) in [7, 11) is 0. The van der Waals surface area contributed by atoms with Crippen LogP contribution in [0.3, 0.4) is 0 Å². The Balaban J connectivity index is 1.31. The van der Waals surface area contributed by atoms with Crippen LogP contribution in [0.4, 0.5) is 5.00 Å². The molecule has 1 atom stereocenters. The molecule has 0 radical (unpaired) electrons. The van der Waals surface area contributed by atoms with Crippen molar-refractivity contribution in [2.24, 2.45) is 0 Å². The Morgan fingerprint density at radius 3 is 2.72 bits per heavy atom. The standard InChI is InChI=1S/C24H22ClN3O3S/c1-2-28-12-11-17-19(13-28)32-23-20(17)22(29)26-21(27-23)14-7-9-15(10-8-14)31-24(30)16-5-3-4-6-18(16)25/h3-10,21,27H,2,11-13H2,1H3,(H,26,29)/t21-/m1/s1. The van der Waals surface area contributed by atoms with E-state index >= 15 is 0 Å². The van der Waals surface area contributed by atoms with E-state index in [1.54, 1.807) is 47.7 Å². The van der Waals surface area contributed by atoms with E-state index in [2.05, 4.69) is 22.5 Å². The molecule has 164 valence electrons. The van der Waals surface area contributed by atoms with E-state index in [4.69, 9.17) is 16.3 Å². The molecule has 6 nitrogen and oxygen atoms in total. The van der Waals surface area contributed by atoms with Crippen LogP contribution in [0.5, 0.6) is 5.75 Å². The third kappa shape index (κ3) is 3.88.